The Labute approximate surface area is 109 Å². The van der Waals surface area contributed by atoms with Gasteiger partial charge in [-0.3, -0.25) is 4.99 Å². The van der Waals surface area contributed by atoms with Crippen molar-refractivity contribution in [2.45, 2.75) is 6.92 Å². The number of benzene rings is 1. The highest BCUT2D eigenvalue weighted by Crippen LogP contribution is 2.26. The highest BCUT2D eigenvalue weighted by atomic mass is 35.5. The third-order valence-electron chi connectivity index (χ3n) is 2.22. The average Bonchev–Trinajstić information content (AvgIpc) is 2.27. The Morgan fingerprint density at radius 2 is 2.19 bits per heavy atom. The number of hydrogen-bond donors (Lipinski definition) is 1. The lowest BCUT2D eigenvalue weighted by Gasteiger charge is -2.18. The molecule has 1 heterocycles. The van der Waals surface area contributed by atoms with Gasteiger partial charge in [0.1, 0.15) is 0 Å². The molecule has 0 aromatic heterocycles. The van der Waals surface area contributed by atoms with E-state index in [1.54, 1.807) is 17.8 Å². The first-order chi connectivity index (χ1) is 7.65. The van der Waals surface area contributed by atoms with Crippen LogP contribution >= 0.6 is 35.0 Å². The minimum atomic E-state index is 0.557. The molecule has 1 unspecified atom stereocenters. The second kappa shape index (κ2) is 5.30. The van der Waals surface area contributed by atoms with E-state index in [1.165, 1.54) is 0 Å². The van der Waals surface area contributed by atoms with Crippen LogP contribution in [0.4, 0.5) is 5.69 Å². The second-order valence-electron chi connectivity index (χ2n) is 3.82. The number of aliphatic imine (C=N–C) groups is 1. The first kappa shape index (κ1) is 12.1. The molecule has 1 aliphatic rings. The lowest BCUT2D eigenvalue weighted by molar-refractivity contribution is 0.674. The van der Waals surface area contributed by atoms with E-state index < -0.39 is 0 Å². The molecule has 0 spiro atoms. The lowest BCUT2D eigenvalue weighted by atomic mass is 10.2. The minimum absolute atomic E-state index is 0.557. The Bertz CT molecular complexity index is 420. The normalized spacial score (nSPS) is 20.4. The molecule has 16 heavy (non-hydrogen) atoms. The first-order valence-corrected chi connectivity index (χ1v) is 6.78. The van der Waals surface area contributed by atoms with Crippen molar-refractivity contribution in [3.05, 3.63) is 28.2 Å². The number of rotatable bonds is 1. The molecule has 86 valence electrons. The van der Waals surface area contributed by atoms with Crippen molar-refractivity contribution in [3.63, 3.8) is 0 Å². The van der Waals surface area contributed by atoms with Crippen LogP contribution in [0.1, 0.15) is 6.92 Å². The summed E-state index contributed by atoms with van der Waals surface area (Å²) in [6.45, 7) is 3.09. The van der Waals surface area contributed by atoms with Crippen LogP contribution in [-0.4, -0.2) is 17.5 Å². The summed E-state index contributed by atoms with van der Waals surface area (Å²) in [6, 6.07) is 5.49. The van der Waals surface area contributed by atoms with Gasteiger partial charge in [-0.05, 0) is 24.1 Å². The van der Waals surface area contributed by atoms with E-state index in [-0.39, 0.29) is 0 Å². The van der Waals surface area contributed by atoms with Crippen LogP contribution in [0.25, 0.3) is 0 Å². The fourth-order valence-electron chi connectivity index (χ4n) is 1.33. The van der Waals surface area contributed by atoms with E-state index in [0.29, 0.717) is 16.0 Å². The summed E-state index contributed by atoms with van der Waals surface area (Å²) in [4.78, 5) is 4.45. The molecule has 0 fully saturated rings. The Morgan fingerprint density at radius 3 is 2.81 bits per heavy atom. The first-order valence-electron chi connectivity index (χ1n) is 5.04. The Hall–Kier alpha value is -0.380. The van der Waals surface area contributed by atoms with Gasteiger partial charge < -0.3 is 5.32 Å². The summed E-state index contributed by atoms with van der Waals surface area (Å²) < 4.78 is 0. The zero-order valence-corrected chi connectivity index (χ0v) is 11.2. The second-order valence-corrected chi connectivity index (χ2v) is 5.64. The van der Waals surface area contributed by atoms with Crippen molar-refractivity contribution in [1.29, 1.82) is 0 Å². The van der Waals surface area contributed by atoms with Crippen LogP contribution in [0.5, 0.6) is 0 Å². The molecule has 1 atom stereocenters. The van der Waals surface area contributed by atoms with Crippen LogP contribution in [0, 0.1) is 5.92 Å². The monoisotopic (exact) mass is 274 g/mol. The summed E-state index contributed by atoms with van der Waals surface area (Å²) in [7, 11) is 0. The molecule has 0 amide bonds. The van der Waals surface area contributed by atoms with Crippen LogP contribution < -0.4 is 5.32 Å². The topological polar surface area (TPSA) is 24.4 Å². The predicted octanol–water partition coefficient (Wildman–Crippen LogP) is 4.14. The number of anilines is 1. The molecule has 0 saturated heterocycles. The zero-order chi connectivity index (χ0) is 11.5. The Morgan fingerprint density at radius 1 is 1.38 bits per heavy atom. The van der Waals surface area contributed by atoms with E-state index in [9.17, 15) is 0 Å². The molecule has 1 aromatic carbocycles. The largest absolute Gasteiger partial charge is 0.335 e. The number of nitrogens with one attached hydrogen (secondary N) is 1. The maximum absolute atomic E-state index is 5.94. The van der Waals surface area contributed by atoms with E-state index in [2.05, 4.69) is 17.2 Å². The van der Waals surface area contributed by atoms with Gasteiger partial charge in [0, 0.05) is 18.0 Å². The SMILES string of the molecule is CC1CN=C(Nc2ccc(Cl)c(Cl)c2)SC1. The van der Waals surface area contributed by atoms with Gasteiger partial charge in [-0.2, -0.15) is 0 Å². The van der Waals surface area contributed by atoms with Gasteiger partial charge in [-0.25, -0.2) is 0 Å². The third-order valence-corrected chi connectivity index (χ3v) is 4.20. The number of halogens is 2. The number of nitrogens with zero attached hydrogens (tertiary/aromatic N) is 1. The van der Waals surface area contributed by atoms with Crippen molar-refractivity contribution in [2.75, 3.05) is 17.6 Å². The molecule has 1 aliphatic heterocycles. The highest BCUT2D eigenvalue weighted by molar-refractivity contribution is 8.14. The van der Waals surface area contributed by atoms with Gasteiger partial charge in [-0.1, -0.05) is 41.9 Å². The fraction of sp³-hybridized carbons (Fsp3) is 0.364. The molecule has 1 aromatic rings. The standard InChI is InChI=1S/C11H12Cl2N2S/c1-7-5-14-11(16-6-7)15-8-2-3-9(12)10(13)4-8/h2-4,7H,5-6H2,1H3,(H,14,15). The van der Waals surface area contributed by atoms with Gasteiger partial charge >= 0.3 is 0 Å². The van der Waals surface area contributed by atoms with Crippen LogP contribution in [-0.2, 0) is 0 Å². The number of thioether (sulfide) groups is 1. The van der Waals surface area contributed by atoms with E-state index >= 15 is 0 Å². The molecule has 0 aliphatic carbocycles. The molecule has 0 radical (unpaired) electrons. The summed E-state index contributed by atoms with van der Waals surface area (Å²) in [5, 5.41) is 5.32. The Balaban J connectivity index is 2.06. The summed E-state index contributed by atoms with van der Waals surface area (Å²) >= 11 is 13.5. The Kier molecular flexibility index (Phi) is 4.00. The summed E-state index contributed by atoms with van der Waals surface area (Å²) in [5.41, 5.74) is 0.926. The quantitative estimate of drug-likeness (QED) is 0.832. The van der Waals surface area contributed by atoms with Gasteiger partial charge in [0.15, 0.2) is 5.17 Å². The molecule has 2 rings (SSSR count). The third kappa shape index (κ3) is 3.06. The zero-order valence-electron chi connectivity index (χ0n) is 8.84. The smallest absolute Gasteiger partial charge is 0.161 e. The molecule has 5 heteroatoms. The van der Waals surface area contributed by atoms with Gasteiger partial charge in [0.25, 0.3) is 0 Å². The summed E-state index contributed by atoms with van der Waals surface area (Å²) in [5.74, 6) is 1.76. The molecular formula is C11H12Cl2N2S. The lowest BCUT2D eigenvalue weighted by Crippen LogP contribution is -2.18. The number of amidine groups is 1. The van der Waals surface area contributed by atoms with Gasteiger partial charge in [0.2, 0.25) is 0 Å². The van der Waals surface area contributed by atoms with Gasteiger partial charge in [-0.15, -0.1) is 0 Å². The van der Waals surface area contributed by atoms with Crippen molar-refractivity contribution in [3.8, 4) is 0 Å². The fourth-order valence-corrected chi connectivity index (χ4v) is 2.53. The van der Waals surface area contributed by atoms with Crippen molar-refractivity contribution < 1.29 is 0 Å². The average molecular weight is 275 g/mol. The van der Waals surface area contributed by atoms with Crippen molar-refractivity contribution in [1.82, 2.24) is 0 Å². The van der Waals surface area contributed by atoms with Crippen LogP contribution in [0.15, 0.2) is 23.2 Å². The maximum Gasteiger partial charge on any atom is 0.161 e. The number of hydrogen-bond acceptors (Lipinski definition) is 3. The molecule has 0 saturated carbocycles. The molecule has 2 nitrogen and oxygen atoms in total. The van der Waals surface area contributed by atoms with Crippen LogP contribution in [0.3, 0.4) is 0 Å². The minimum Gasteiger partial charge on any atom is -0.335 e. The molecule has 0 bridgehead atoms. The van der Waals surface area contributed by atoms with Crippen LogP contribution in [0.2, 0.25) is 10.0 Å². The highest BCUT2D eigenvalue weighted by Gasteiger charge is 2.12. The maximum atomic E-state index is 5.94. The van der Waals surface area contributed by atoms with Gasteiger partial charge in [0.05, 0.1) is 10.0 Å². The summed E-state index contributed by atoms with van der Waals surface area (Å²) in [6.07, 6.45) is 0. The van der Waals surface area contributed by atoms with E-state index in [1.807, 2.05) is 12.1 Å². The molecular weight excluding hydrogens is 263 g/mol. The van der Waals surface area contributed by atoms with E-state index in [4.69, 9.17) is 23.2 Å². The van der Waals surface area contributed by atoms with Crippen molar-refractivity contribution >= 4 is 45.8 Å². The predicted molar refractivity (Wildman–Crippen MR) is 74.0 cm³/mol. The molecule has 1 N–H and O–H groups in total. The van der Waals surface area contributed by atoms with Crippen molar-refractivity contribution in [2.24, 2.45) is 10.9 Å². The van der Waals surface area contributed by atoms with E-state index in [0.717, 1.165) is 23.2 Å².